The van der Waals surface area contributed by atoms with E-state index >= 15 is 0 Å². The molecule has 2 rings (SSSR count). The Balaban J connectivity index is 2.73. The molecule has 0 atom stereocenters. The van der Waals surface area contributed by atoms with Gasteiger partial charge in [-0.1, -0.05) is 6.07 Å². The number of carbonyl (C=O) groups excluding carboxylic acids is 1. The summed E-state index contributed by atoms with van der Waals surface area (Å²) in [4.78, 5) is 11.5. The molecular weight excluding hydrogens is 178 g/mol. The Morgan fingerprint density at radius 1 is 1.64 bits per heavy atom. The van der Waals surface area contributed by atoms with E-state index in [2.05, 4.69) is 5.10 Å². The topological polar surface area (TPSA) is 60.4 Å². The van der Waals surface area contributed by atoms with Gasteiger partial charge in [-0.3, -0.25) is 4.79 Å². The summed E-state index contributed by atoms with van der Waals surface area (Å²) in [7, 11) is 0. The minimum Gasteiger partial charge on any atom is -0.324 e. The summed E-state index contributed by atoms with van der Waals surface area (Å²) in [5.41, 5.74) is 7.80. The summed E-state index contributed by atoms with van der Waals surface area (Å²) in [6.07, 6.45) is 3.38. The molecule has 0 bridgehead atoms. The van der Waals surface area contributed by atoms with Crippen molar-refractivity contribution in [2.24, 2.45) is 5.73 Å². The summed E-state index contributed by atoms with van der Waals surface area (Å²) >= 11 is 0. The third-order valence-corrected chi connectivity index (χ3v) is 2.23. The van der Waals surface area contributed by atoms with E-state index in [1.165, 1.54) is 0 Å². The maximum Gasteiger partial charge on any atom is 0.180 e. The molecule has 2 heterocycles. The molecule has 0 radical (unpaired) electrons. The predicted octanol–water partition coefficient (Wildman–Crippen LogP) is 0.784. The Hall–Kier alpha value is -1.68. The standard InChI is InChI=1S/C10H11N3O/c1-7-3-2-4-13-10(7)8(6-12-13)9(14)5-11/h2-4,6H,5,11H2,1H3. The van der Waals surface area contributed by atoms with Crippen LogP contribution in [-0.2, 0) is 0 Å². The molecular formula is C10H11N3O. The van der Waals surface area contributed by atoms with E-state index in [1.807, 2.05) is 25.3 Å². The van der Waals surface area contributed by atoms with Crippen LogP contribution in [0.2, 0.25) is 0 Å². The number of rotatable bonds is 2. The molecule has 0 aliphatic rings. The van der Waals surface area contributed by atoms with Crippen molar-refractivity contribution in [1.29, 1.82) is 0 Å². The fourth-order valence-corrected chi connectivity index (χ4v) is 1.53. The molecule has 0 aliphatic heterocycles. The first kappa shape index (κ1) is 8.90. The molecule has 4 heteroatoms. The van der Waals surface area contributed by atoms with Crippen molar-refractivity contribution < 1.29 is 4.79 Å². The zero-order chi connectivity index (χ0) is 10.1. The first-order chi connectivity index (χ1) is 6.74. The van der Waals surface area contributed by atoms with E-state index in [0.29, 0.717) is 5.56 Å². The van der Waals surface area contributed by atoms with Gasteiger partial charge in [0.1, 0.15) is 0 Å². The lowest BCUT2D eigenvalue weighted by Crippen LogP contribution is -2.13. The Morgan fingerprint density at radius 3 is 3.14 bits per heavy atom. The second kappa shape index (κ2) is 3.23. The molecule has 72 valence electrons. The number of ketones is 1. The molecule has 2 aromatic rings. The number of aryl methyl sites for hydroxylation is 1. The minimum atomic E-state index is -0.0747. The Labute approximate surface area is 81.3 Å². The Kier molecular flexibility index (Phi) is 2.05. The molecule has 0 amide bonds. The fourth-order valence-electron chi connectivity index (χ4n) is 1.53. The second-order valence-corrected chi connectivity index (χ2v) is 3.17. The number of nitrogens with zero attached hydrogens (tertiary/aromatic N) is 2. The highest BCUT2D eigenvalue weighted by Crippen LogP contribution is 2.14. The van der Waals surface area contributed by atoms with Crippen molar-refractivity contribution in [3.63, 3.8) is 0 Å². The number of hydrogen-bond acceptors (Lipinski definition) is 3. The van der Waals surface area contributed by atoms with Crippen LogP contribution in [0.1, 0.15) is 15.9 Å². The molecule has 2 N–H and O–H groups in total. The fraction of sp³-hybridized carbons (Fsp3) is 0.200. The van der Waals surface area contributed by atoms with Crippen LogP contribution in [0.5, 0.6) is 0 Å². The van der Waals surface area contributed by atoms with Crippen LogP contribution >= 0.6 is 0 Å². The van der Waals surface area contributed by atoms with Crippen molar-refractivity contribution >= 4 is 11.3 Å². The van der Waals surface area contributed by atoms with Gasteiger partial charge in [0, 0.05) is 6.20 Å². The zero-order valence-electron chi connectivity index (χ0n) is 7.90. The summed E-state index contributed by atoms with van der Waals surface area (Å²) in [5, 5.41) is 4.09. The third-order valence-electron chi connectivity index (χ3n) is 2.23. The van der Waals surface area contributed by atoms with Crippen molar-refractivity contribution in [3.05, 3.63) is 35.7 Å². The molecule has 0 aliphatic carbocycles. The Morgan fingerprint density at radius 2 is 2.43 bits per heavy atom. The van der Waals surface area contributed by atoms with Gasteiger partial charge in [-0.2, -0.15) is 5.10 Å². The van der Waals surface area contributed by atoms with Gasteiger partial charge in [0.15, 0.2) is 5.78 Å². The summed E-state index contributed by atoms with van der Waals surface area (Å²) < 4.78 is 1.69. The van der Waals surface area contributed by atoms with Crippen LogP contribution in [0.4, 0.5) is 0 Å². The molecule has 14 heavy (non-hydrogen) atoms. The summed E-state index contributed by atoms with van der Waals surface area (Å²) in [6.45, 7) is 1.97. The van der Waals surface area contributed by atoms with Crippen molar-refractivity contribution in [2.75, 3.05) is 6.54 Å². The molecule has 0 fully saturated rings. The van der Waals surface area contributed by atoms with E-state index in [1.54, 1.807) is 10.7 Å². The SMILES string of the molecule is Cc1cccn2ncc(C(=O)CN)c12. The van der Waals surface area contributed by atoms with Gasteiger partial charge in [0.25, 0.3) is 0 Å². The number of Topliss-reactive ketones (excluding diaryl/α,β-unsaturated/α-hetero) is 1. The van der Waals surface area contributed by atoms with E-state index in [4.69, 9.17) is 5.73 Å². The molecule has 0 aromatic carbocycles. The molecule has 0 saturated carbocycles. The zero-order valence-corrected chi connectivity index (χ0v) is 7.90. The van der Waals surface area contributed by atoms with E-state index in [-0.39, 0.29) is 12.3 Å². The van der Waals surface area contributed by atoms with Crippen molar-refractivity contribution in [3.8, 4) is 0 Å². The lowest BCUT2D eigenvalue weighted by Gasteiger charge is -1.99. The molecule has 0 unspecified atom stereocenters. The lowest BCUT2D eigenvalue weighted by molar-refractivity contribution is 0.100. The summed E-state index contributed by atoms with van der Waals surface area (Å²) in [6, 6.07) is 3.84. The number of hydrogen-bond donors (Lipinski definition) is 1. The van der Waals surface area contributed by atoms with Gasteiger partial charge in [0.05, 0.1) is 23.8 Å². The molecule has 4 nitrogen and oxygen atoms in total. The molecule has 2 aromatic heterocycles. The molecule has 0 saturated heterocycles. The minimum absolute atomic E-state index is 0.0235. The maximum absolute atomic E-state index is 11.5. The van der Waals surface area contributed by atoms with Gasteiger partial charge in [-0.15, -0.1) is 0 Å². The van der Waals surface area contributed by atoms with Crippen LogP contribution < -0.4 is 5.73 Å². The first-order valence-electron chi connectivity index (χ1n) is 4.40. The van der Waals surface area contributed by atoms with Crippen LogP contribution in [-0.4, -0.2) is 21.9 Å². The van der Waals surface area contributed by atoms with Gasteiger partial charge in [-0.25, -0.2) is 4.52 Å². The number of fused-ring (bicyclic) bond motifs is 1. The number of aromatic nitrogens is 2. The third kappa shape index (κ3) is 1.20. The van der Waals surface area contributed by atoms with Gasteiger partial charge in [0.2, 0.25) is 0 Å². The highest BCUT2D eigenvalue weighted by atomic mass is 16.1. The number of carbonyl (C=O) groups is 1. The highest BCUT2D eigenvalue weighted by molar-refractivity contribution is 6.03. The largest absolute Gasteiger partial charge is 0.324 e. The maximum atomic E-state index is 11.5. The predicted molar refractivity (Wildman–Crippen MR) is 53.3 cm³/mol. The van der Waals surface area contributed by atoms with Crippen molar-refractivity contribution in [1.82, 2.24) is 9.61 Å². The van der Waals surface area contributed by atoms with E-state index < -0.39 is 0 Å². The average molecular weight is 189 g/mol. The van der Waals surface area contributed by atoms with Gasteiger partial charge < -0.3 is 5.73 Å². The lowest BCUT2D eigenvalue weighted by atomic mass is 10.1. The molecule has 0 spiro atoms. The Bertz CT molecular complexity index is 487. The van der Waals surface area contributed by atoms with E-state index in [0.717, 1.165) is 11.1 Å². The normalized spacial score (nSPS) is 10.7. The van der Waals surface area contributed by atoms with E-state index in [9.17, 15) is 4.79 Å². The second-order valence-electron chi connectivity index (χ2n) is 3.17. The highest BCUT2D eigenvalue weighted by Gasteiger charge is 2.11. The van der Waals surface area contributed by atoms with Gasteiger partial charge in [-0.05, 0) is 18.6 Å². The average Bonchev–Trinajstić information content (AvgIpc) is 2.62. The smallest absolute Gasteiger partial charge is 0.180 e. The monoisotopic (exact) mass is 189 g/mol. The number of nitrogens with two attached hydrogens (primary N) is 1. The van der Waals surface area contributed by atoms with Crippen LogP contribution in [0, 0.1) is 6.92 Å². The van der Waals surface area contributed by atoms with Crippen LogP contribution in [0.3, 0.4) is 0 Å². The van der Waals surface area contributed by atoms with Crippen molar-refractivity contribution in [2.45, 2.75) is 6.92 Å². The quantitative estimate of drug-likeness (QED) is 0.710. The van der Waals surface area contributed by atoms with Gasteiger partial charge >= 0.3 is 0 Å². The number of pyridine rings is 1. The van der Waals surface area contributed by atoms with Crippen LogP contribution in [0.15, 0.2) is 24.5 Å². The summed E-state index contributed by atoms with van der Waals surface area (Å²) in [5.74, 6) is -0.0747. The van der Waals surface area contributed by atoms with Crippen LogP contribution in [0.25, 0.3) is 5.52 Å². The first-order valence-corrected chi connectivity index (χ1v) is 4.40.